The zero-order valence-corrected chi connectivity index (χ0v) is 17.0. The Morgan fingerprint density at radius 1 is 1.17 bits per heavy atom. The number of carbonyl (C=O) groups excluding carboxylic acids is 1. The number of nitrogens with one attached hydrogen (secondary N) is 1. The molecule has 0 spiro atoms. The maximum atomic E-state index is 13.1. The second kappa shape index (κ2) is 8.46. The minimum Gasteiger partial charge on any atom is -0.324 e. The van der Waals surface area contributed by atoms with Crippen LogP contribution in [0.15, 0.2) is 47.6 Å². The average Bonchev–Trinajstić information content (AvgIpc) is 3.01. The molecule has 0 bridgehead atoms. The number of aromatic nitrogens is 3. The molecule has 2 aromatic carbocycles. The summed E-state index contributed by atoms with van der Waals surface area (Å²) < 4.78 is 41.2. The van der Waals surface area contributed by atoms with E-state index in [2.05, 4.69) is 15.5 Å². The van der Waals surface area contributed by atoms with Crippen molar-refractivity contribution in [3.63, 3.8) is 0 Å². The van der Waals surface area contributed by atoms with Crippen molar-refractivity contribution in [1.29, 1.82) is 0 Å². The van der Waals surface area contributed by atoms with Crippen molar-refractivity contribution in [2.24, 2.45) is 7.05 Å². The Morgan fingerprint density at radius 3 is 2.59 bits per heavy atom. The molecule has 152 valence electrons. The van der Waals surface area contributed by atoms with E-state index in [0.29, 0.717) is 11.0 Å². The maximum absolute atomic E-state index is 13.1. The van der Waals surface area contributed by atoms with Crippen LogP contribution in [-0.2, 0) is 18.0 Å². The van der Waals surface area contributed by atoms with Gasteiger partial charge in [-0.15, -0.1) is 10.2 Å². The van der Waals surface area contributed by atoms with E-state index in [9.17, 15) is 18.0 Å². The topological polar surface area (TPSA) is 59.8 Å². The molecule has 10 heteroatoms. The number of benzene rings is 2. The van der Waals surface area contributed by atoms with Crippen LogP contribution in [0.3, 0.4) is 0 Å². The molecular formula is C19H16ClF3N4OS. The molecule has 0 radical (unpaired) electrons. The summed E-state index contributed by atoms with van der Waals surface area (Å²) >= 11 is 6.93. The van der Waals surface area contributed by atoms with E-state index in [1.54, 1.807) is 11.6 Å². The molecule has 0 aliphatic heterocycles. The van der Waals surface area contributed by atoms with Crippen LogP contribution in [0.2, 0.25) is 5.02 Å². The number of carbonyl (C=O) groups is 1. The predicted molar refractivity (Wildman–Crippen MR) is 107 cm³/mol. The molecule has 0 unspecified atom stereocenters. The van der Waals surface area contributed by atoms with Gasteiger partial charge in [-0.05, 0) is 24.6 Å². The number of hydrogen-bond donors (Lipinski definition) is 1. The SMILES string of the molecule is Cc1ccccc1-c1nnc(SCC(=O)Nc2c(Cl)cccc2C(F)(F)F)n1C. The molecule has 3 aromatic rings. The second-order valence-corrected chi connectivity index (χ2v) is 7.53. The molecule has 0 aliphatic rings. The highest BCUT2D eigenvalue weighted by molar-refractivity contribution is 7.99. The molecule has 5 nitrogen and oxygen atoms in total. The Hall–Kier alpha value is -2.52. The maximum Gasteiger partial charge on any atom is 0.418 e. The molecule has 1 heterocycles. The van der Waals surface area contributed by atoms with Crippen molar-refractivity contribution in [1.82, 2.24) is 14.8 Å². The van der Waals surface area contributed by atoms with Crippen molar-refractivity contribution in [3.05, 3.63) is 58.6 Å². The molecular weight excluding hydrogens is 425 g/mol. The van der Waals surface area contributed by atoms with Gasteiger partial charge < -0.3 is 9.88 Å². The second-order valence-electron chi connectivity index (χ2n) is 6.18. The molecule has 1 N–H and O–H groups in total. The van der Waals surface area contributed by atoms with Crippen molar-refractivity contribution < 1.29 is 18.0 Å². The molecule has 0 saturated heterocycles. The smallest absolute Gasteiger partial charge is 0.324 e. The van der Waals surface area contributed by atoms with Gasteiger partial charge in [0, 0.05) is 12.6 Å². The van der Waals surface area contributed by atoms with Gasteiger partial charge >= 0.3 is 6.18 Å². The van der Waals surface area contributed by atoms with Crippen molar-refractivity contribution >= 4 is 35.0 Å². The standard InChI is InChI=1S/C19H16ClF3N4OS/c1-11-6-3-4-7-12(11)17-25-26-18(27(17)2)29-10-15(28)24-16-13(19(21,22)23)8-5-9-14(16)20/h3-9H,10H2,1-2H3,(H,24,28). The third-order valence-electron chi connectivity index (χ3n) is 4.14. The summed E-state index contributed by atoms with van der Waals surface area (Å²) in [6.07, 6.45) is -4.63. The lowest BCUT2D eigenvalue weighted by Crippen LogP contribution is -2.18. The van der Waals surface area contributed by atoms with Crippen LogP contribution in [0.1, 0.15) is 11.1 Å². The Bertz CT molecular complexity index is 1050. The highest BCUT2D eigenvalue weighted by atomic mass is 35.5. The van der Waals surface area contributed by atoms with Gasteiger partial charge in [0.2, 0.25) is 5.91 Å². The molecule has 0 atom stereocenters. The number of para-hydroxylation sites is 1. The first kappa shape index (κ1) is 21.2. The first-order chi connectivity index (χ1) is 13.7. The normalized spacial score (nSPS) is 11.5. The minimum absolute atomic E-state index is 0.151. The summed E-state index contributed by atoms with van der Waals surface area (Å²) in [4.78, 5) is 12.2. The molecule has 0 aliphatic carbocycles. The van der Waals surface area contributed by atoms with Gasteiger partial charge in [-0.25, -0.2) is 0 Å². The highest BCUT2D eigenvalue weighted by Crippen LogP contribution is 2.38. The first-order valence-electron chi connectivity index (χ1n) is 8.42. The van der Waals surface area contributed by atoms with E-state index in [0.717, 1.165) is 29.0 Å². The zero-order valence-electron chi connectivity index (χ0n) is 15.4. The third-order valence-corrected chi connectivity index (χ3v) is 5.47. The van der Waals surface area contributed by atoms with Gasteiger partial charge in [0.1, 0.15) is 0 Å². The molecule has 0 fully saturated rings. The Morgan fingerprint density at radius 2 is 1.90 bits per heavy atom. The number of rotatable bonds is 5. The fraction of sp³-hybridized carbons (Fsp3) is 0.211. The number of aryl methyl sites for hydroxylation is 1. The van der Waals surface area contributed by atoms with E-state index in [-0.39, 0.29) is 10.8 Å². The van der Waals surface area contributed by atoms with Crippen LogP contribution in [0.25, 0.3) is 11.4 Å². The van der Waals surface area contributed by atoms with Crippen molar-refractivity contribution in [2.45, 2.75) is 18.3 Å². The van der Waals surface area contributed by atoms with Crippen LogP contribution in [0.5, 0.6) is 0 Å². The van der Waals surface area contributed by atoms with Crippen molar-refractivity contribution in [3.8, 4) is 11.4 Å². The van der Waals surface area contributed by atoms with Gasteiger partial charge in [0.05, 0.1) is 22.0 Å². The summed E-state index contributed by atoms with van der Waals surface area (Å²) in [5.41, 5.74) is 0.482. The van der Waals surface area contributed by atoms with Gasteiger partial charge in [-0.3, -0.25) is 4.79 Å². The number of amides is 1. The van der Waals surface area contributed by atoms with E-state index in [4.69, 9.17) is 11.6 Å². The Labute approximate surface area is 174 Å². The fourth-order valence-corrected chi connectivity index (χ4v) is 3.62. The van der Waals surface area contributed by atoms with Crippen LogP contribution < -0.4 is 5.32 Å². The van der Waals surface area contributed by atoms with Crippen LogP contribution in [-0.4, -0.2) is 26.4 Å². The van der Waals surface area contributed by atoms with Gasteiger partial charge in [-0.2, -0.15) is 13.2 Å². The third kappa shape index (κ3) is 4.73. The molecule has 1 aromatic heterocycles. The Balaban J connectivity index is 1.73. The van der Waals surface area contributed by atoms with E-state index >= 15 is 0 Å². The number of nitrogens with zero attached hydrogens (tertiary/aromatic N) is 3. The molecule has 1 amide bonds. The highest BCUT2D eigenvalue weighted by Gasteiger charge is 2.34. The minimum atomic E-state index is -4.63. The summed E-state index contributed by atoms with van der Waals surface area (Å²) in [5.74, 6) is -0.145. The summed E-state index contributed by atoms with van der Waals surface area (Å²) in [7, 11) is 1.76. The van der Waals surface area contributed by atoms with Gasteiger partial charge in [-0.1, -0.05) is 53.7 Å². The first-order valence-corrected chi connectivity index (χ1v) is 9.78. The number of hydrogen-bond acceptors (Lipinski definition) is 4. The number of thioether (sulfide) groups is 1. The number of alkyl halides is 3. The number of anilines is 1. The van der Waals surface area contributed by atoms with Gasteiger partial charge in [0.15, 0.2) is 11.0 Å². The molecule has 0 saturated carbocycles. The van der Waals surface area contributed by atoms with E-state index in [1.807, 2.05) is 31.2 Å². The fourth-order valence-electron chi connectivity index (χ4n) is 2.69. The zero-order chi connectivity index (χ0) is 21.2. The largest absolute Gasteiger partial charge is 0.418 e. The van der Waals surface area contributed by atoms with Gasteiger partial charge in [0.25, 0.3) is 0 Å². The molecule has 3 rings (SSSR count). The van der Waals surface area contributed by atoms with E-state index in [1.165, 1.54) is 12.1 Å². The quantitative estimate of drug-likeness (QED) is 0.554. The van der Waals surface area contributed by atoms with Crippen LogP contribution >= 0.6 is 23.4 Å². The lowest BCUT2D eigenvalue weighted by Gasteiger charge is -2.15. The van der Waals surface area contributed by atoms with Crippen LogP contribution in [0, 0.1) is 6.92 Å². The lowest BCUT2D eigenvalue weighted by atomic mass is 10.1. The predicted octanol–water partition coefficient (Wildman–Crippen LogP) is 5.19. The molecule has 29 heavy (non-hydrogen) atoms. The summed E-state index contributed by atoms with van der Waals surface area (Å²) in [6, 6.07) is 11.0. The van der Waals surface area contributed by atoms with Crippen molar-refractivity contribution in [2.75, 3.05) is 11.1 Å². The summed E-state index contributed by atoms with van der Waals surface area (Å²) in [5, 5.41) is 10.8. The average molecular weight is 441 g/mol. The lowest BCUT2D eigenvalue weighted by molar-refractivity contribution is -0.137. The summed E-state index contributed by atoms with van der Waals surface area (Å²) in [6.45, 7) is 1.95. The van der Waals surface area contributed by atoms with Crippen LogP contribution in [0.4, 0.5) is 18.9 Å². The van der Waals surface area contributed by atoms with E-state index < -0.39 is 23.3 Å². The Kier molecular flexibility index (Phi) is 6.18. The number of halogens is 4. The monoisotopic (exact) mass is 440 g/mol.